The molecule has 0 aliphatic rings. The Morgan fingerprint density at radius 2 is 1.94 bits per heavy atom. The van der Waals surface area contributed by atoms with Gasteiger partial charge in [-0.25, -0.2) is 12.7 Å². The summed E-state index contributed by atoms with van der Waals surface area (Å²) in [6.45, 7) is 4.01. The molecule has 0 saturated carbocycles. The van der Waals surface area contributed by atoms with Crippen molar-refractivity contribution in [2.75, 3.05) is 19.3 Å². The molecule has 1 atom stereocenters. The lowest BCUT2D eigenvalue weighted by Crippen LogP contribution is -2.36. The summed E-state index contributed by atoms with van der Waals surface area (Å²) in [7, 11) is -3.30. The third kappa shape index (κ3) is 6.07. The zero-order valence-corrected chi connectivity index (χ0v) is 11.0. The number of sulfonamides is 1. The van der Waals surface area contributed by atoms with E-state index in [4.69, 9.17) is 5.11 Å². The molecule has 0 aromatic carbocycles. The van der Waals surface area contributed by atoms with E-state index in [0.717, 1.165) is 25.5 Å². The van der Waals surface area contributed by atoms with Crippen molar-refractivity contribution in [2.45, 2.75) is 33.1 Å². The van der Waals surface area contributed by atoms with Gasteiger partial charge in [-0.05, 0) is 6.42 Å². The fourth-order valence-electron chi connectivity index (χ4n) is 1.31. The van der Waals surface area contributed by atoms with Crippen LogP contribution in [-0.4, -0.2) is 43.1 Å². The van der Waals surface area contributed by atoms with Gasteiger partial charge in [0.05, 0.1) is 12.2 Å². The quantitative estimate of drug-likeness (QED) is 0.657. The zero-order chi connectivity index (χ0) is 12.8. The van der Waals surface area contributed by atoms with Crippen LogP contribution in [0, 0.1) is 5.92 Å². The molecule has 6 heteroatoms. The molecule has 0 spiro atoms. The van der Waals surface area contributed by atoms with Crippen molar-refractivity contribution in [1.82, 2.24) is 4.31 Å². The second-order valence-corrected chi connectivity index (χ2v) is 6.05. The van der Waals surface area contributed by atoms with E-state index >= 15 is 0 Å². The number of hydrogen-bond acceptors (Lipinski definition) is 3. The van der Waals surface area contributed by atoms with Gasteiger partial charge >= 0.3 is 5.97 Å². The minimum atomic E-state index is -3.30. The highest BCUT2D eigenvalue weighted by molar-refractivity contribution is 7.88. The minimum Gasteiger partial charge on any atom is -0.481 e. The highest BCUT2D eigenvalue weighted by atomic mass is 32.2. The van der Waals surface area contributed by atoms with Gasteiger partial charge in [0.15, 0.2) is 0 Å². The molecule has 1 unspecified atom stereocenters. The fraction of sp³-hybridized carbons (Fsp3) is 0.900. The lowest BCUT2D eigenvalue weighted by atomic mass is 10.2. The average molecular weight is 251 g/mol. The van der Waals surface area contributed by atoms with E-state index in [2.05, 4.69) is 0 Å². The molecule has 0 aliphatic heterocycles. The van der Waals surface area contributed by atoms with Crippen LogP contribution in [-0.2, 0) is 14.8 Å². The van der Waals surface area contributed by atoms with Gasteiger partial charge in [-0.2, -0.15) is 0 Å². The van der Waals surface area contributed by atoms with E-state index in [1.807, 2.05) is 6.92 Å². The number of carboxylic acids is 1. The van der Waals surface area contributed by atoms with Crippen LogP contribution in [0.25, 0.3) is 0 Å². The molecule has 0 aromatic rings. The molecule has 0 saturated heterocycles. The Morgan fingerprint density at radius 3 is 2.31 bits per heavy atom. The van der Waals surface area contributed by atoms with Crippen molar-refractivity contribution >= 4 is 16.0 Å². The van der Waals surface area contributed by atoms with Crippen molar-refractivity contribution in [3.8, 4) is 0 Å². The van der Waals surface area contributed by atoms with Crippen LogP contribution in [0.1, 0.15) is 33.1 Å². The maximum atomic E-state index is 11.4. The summed E-state index contributed by atoms with van der Waals surface area (Å²) < 4.78 is 24.1. The van der Waals surface area contributed by atoms with Crippen LogP contribution >= 0.6 is 0 Å². The van der Waals surface area contributed by atoms with Crippen molar-refractivity contribution in [3.05, 3.63) is 0 Å². The van der Waals surface area contributed by atoms with E-state index in [9.17, 15) is 13.2 Å². The van der Waals surface area contributed by atoms with Crippen LogP contribution in [0.2, 0.25) is 0 Å². The number of hydrogen-bond donors (Lipinski definition) is 1. The Labute approximate surface area is 97.5 Å². The van der Waals surface area contributed by atoms with Crippen LogP contribution in [0.15, 0.2) is 0 Å². The summed E-state index contributed by atoms with van der Waals surface area (Å²) in [5.41, 5.74) is 0. The molecule has 0 bridgehead atoms. The van der Waals surface area contributed by atoms with E-state index in [-0.39, 0.29) is 6.54 Å². The molecule has 5 nitrogen and oxygen atoms in total. The fourth-order valence-corrected chi connectivity index (χ4v) is 2.27. The first-order valence-electron chi connectivity index (χ1n) is 5.47. The standard InChI is InChI=1S/C10H21NO4S/c1-4-5-6-7-11(16(3,14)15)8-9(2)10(12)13/h9H,4-8H2,1-3H3,(H,12,13). The molecule has 0 aromatic heterocycles. The second kappa shape index (κ2) is 6.85. The molecule has 0 rings (SSSR count). The van der Waals surface area contributed by atoms with E-state index in [0.29, 0.717) is 6.54 Å². The van der Waals surface area contributed by atoms with Gasteiger partial charge in [0.25, 0.3) is 0 Å². The average Bonchev–Trinajstić information content (AvgIpc) is 2.14. The van der Waals surface area contributed by atoms with Crippen molar-refractivity contribution in [1.29, 1.82) is 0 Å². The first-order valence-corrected chi connectivity index (χ1v) is 7.31. The largest absolute Gasteiger partial charge is 0.481 e. The topological polar surface area (TPSA) is 74.7 Å². The Morgan fingerprint density at radius 1 is 1.38 bits per heavy atom. The number of carbonyl (C=O) groups is 1. The Kier molecular flexibility index (Phi) is 6.59. The predicted octanol–water partition coefficient (Wildman–Crippen LogP) is 1.16. The number of nitrogens with zero attached hydrogens (tertiary/aromatic N) is 1. The van der Waals surface area contributed by atoms with E-state index in [1.165, 1.54) is 11.2 Å². The molecule has 0 radical (unpaired) electrons. The summed E-state index contributed by atoms with van der Waals surface area (Å²) in [5.74, 6) is -1.64. The Balaban J connectivity index is 4.39. The third-order valence-electron chi connectivity index (χ3n) is 2.38. The maximum Gasteiger partial charge on any atom is 0.307 e. The van der Waals surface area contributed by atoms with Crippen molar-refractivity contribution in [2.24, 2.45) is 5.92 Å². The summed E-state index contributed by atoms with van der Waals surface area (Å²) in [5, 5.41) is 8.75. The van der Waals surface area contributed by atoms with Gasteiger partial charge in [-0.1, -0.05) is 26.7 Å². The predicted molar refractivity (Wildman–Crippen MR) is 62.7 cm³/mol. The Hall–Kier alpha value is -0.620. The van der Waals surface area contributed by atoms with Crippen LogP contribution < -0.4 is 0 Å². The molecule has 96 valence electrons. The van der Waals surface area contributed by atoms with Crippen LogP contribution in [0.3, 0.4) is 0 Å². The maximum absolute atomic E-state index is 11.4. The van der Waals surface area contributed by atoms with Gasteiger partial charge in [-0.3, -0.25) is 4.79 Å². The number of rotatable bonds is 8. The third-order valence-corrected chi connectivity index (χ3v) is 3.65. The van der Waals surface area contributed by atoms with Crippen molar-refractivity contribution < 1.29 is 18.3 Å². The lowest BCUT2D eigenvalue weighted by Gasteiger charge is -2.21. The number of carboxylic acid groups (broad SMARTS) is 1. The molecule has 0 fully saturated rings. The smallest absolute Gasteiger partial charge is 0.307 e. The van der Waals surface area contributed by atoms with Crippen molar-refractivity contribution in [3.63, 3.8) is 0 Å². The SMILES string of the molecule is CCCCCN(CC(C)C(=O)O)S(C)(=O)=O. The number of aliphatic carboxylic acids is 1. The molecule has 1 N–H and O–H groups in total. The van der Waals surface area contributed by atoms with Crippen LogP contribution in [0.5, 0.6) is 0 Å². The highest BCUT2D eigenvalue weighted by Crippen LogP contribution is 2.07. The van der Waals surface area contributed by atoms with Gasteiger partial charge in [0.2, 0.25) is 10.0 Å². The Bertz CT molecular complexity index is 313. The van der Waals surface area contributed by atoms with Gasteiger partial charge in [0, 0.05) is 13.1 Å². The van der Waals surface area contributed by atoms with Gasteiger partial charge in [-0.15, -0.1) is 0 Å². The second-order valence-electron chi connectivity index (χ2n) is 4.07. The summed E-state index contributed by atoms with van der Waals surface area (Å²) >= 11 is 0. The molecular weight excluding hydrogens is 230 g/mol. The first-order chi connectivity index (χ1) is 7.29. The molecule has 0 aliphatic carbocycles. The molecule has 16 heavy (non-hydrogen) atoms. The molecule has 0 amide bonds. The molecule has 0 heterocycles. The first kappa shape index (κ1) is 15.4. The highest BCUT2D eigenvalue weighted by Gasteiger charge is 2.22. The van der Waals surface area contributed by atoms with Gasteiger partial charge < -0.3 is 5.11 Å². The van der Waals surface area contributed by atoms with E-state index < -0.39 is 21.9 Å². The zero-order valence-electron chi connectivity index (χ0n) is 10.1. The lowest BCUT2D eigenvalue weighted by molar-refractivity contribution is -0.141. The van der Waals surface area contributed by atoms with Crippen LogP contribution in [0.4, 0.5) is 0 Å². The minimum absolute atomic E-state index is 0.0535. The number of unbranched alkanes of at least 4 members (excludes halogenated alkanes) is 2. The molecular formula is C10H21NO4S. The van der Waals surface area contributed by atoms with Gasteiger partial charge in [0.1, 0.15) is 0 Å². The summed E-state index contributed by atoms with van der Waals surface area (Å²) in [4.78, 5) is 10.7. The summed E-state index contributed by atoms with van der Waals surface area (Å²) in [6.07, 6.45) is 3.85. The normalized spacial score (nSPS) is 14.0. The monoisotopic (exact) mass is 251 g/mol. The van der Waals surface area contributed by atoms with E-state index in [1.54, 1.807) is 0 Å². The summed E-state index contributed by atoms with van der Waals surface area (Å²) in [6, 6.07) is 0.